The summed E-state index contributed by atoms with van der Waals surface area (Å²) in [5.74, 6) is 1.36. The van der Waals surface area contributed by atoms with Crippen LogP contribution in [0.5, 0.6) is 11.5 Å². The Morgan fingerprint density at radius 2 is 2.08 bits per heavy atom. The molecule has 0 spiro atoms. The van der Waals surface area contributed by atoms with E-state index in [-0.39, 0.29) is 36.6 Å². The summed E-state index contributed by atoms with van der Waals surface area (Å²) >= 11 is 1.66. The highest BCUT2D eigenvalue weighted by atomic mass is 32.1. The molecule has 0 bridgehead atoms. The van der Waals surface area contributed by atoms with Gasteiger partial charge >= 0.3 is 0 Å². The van der Waals surface area contributed by atoms with Gasteiger partial charge in [-0.25, -0.2) is 4.98 Å². The second kappa shape index (κ2) is 10.4. The summed E-state index contributed by atoms with van der Waals surface area (Å²) in [6, 6.07) is 5.71. The van der Waals surface area contributed by atoms with Crippen molar-refractivity contribution in [2.24, 2.45) is 16.7 Å². The second-order valence-electron chi connectivity index (χ2n) is 11.3. The SMILES string of the molecule is CCCCNc1nc2c(s1)CC1C(C)(CO)C(O)CCC1(C)C2CC(=O)NCc1ccc2c(c1)OCO2. The van der Waals surface area contributed by atoms with Gasteiger partial charge in [-0.1, -0.05) is 33.3 Å². The minimum Gasteiger partial charge on any atom is -0.454 e. The van der Waals surface area contributed by atoms with E-state index in [0.29, 0.717) is 25.1 Å². The lowest BCUT2D eigenvalue weighted by Crippen LogP contribution is -2.57. The number of aliphatic hydroxyl groups is 2. The lowest BCUT2D eigenvalue weighted by Gasteiger charge is -2.58. The number of aromatic nitrogens is 1. The maximum Gasteiger partial charge on any atom is 0.231 e. The normalized spacial score (nSPS) is 29.9. The maximum atomic E-state index is 13.4. The number of anilines is 1. The first-order valence-electron chi connectivity index (χ1n) is 13.5. The molecule has 5 atom stereocenters. The van der Waals surface area contributed by atoms with E-state index < -0.39 is 11.5 Å². The van der Waals surface area contributed by atoms with Crippen molar-refractivity contribution in [3.05, 3.63) is 34.3 Å². The lowest BCUT2D eigenvalue weighted by atomic mass is 9.47. The predicted molar refractivity (Wildman–Crippen MR) is 143 cm³/mol. The number of thiazole rings is 1. The smallest absolute Gasteiger partial charge is 0.231 e. The molecule has 1 aromatic heterocycles. The van der Waals surface area contributed by atoms with Crippen LogP contribution in [0.4, 0.5) is 5.13 Å². The predicted octanol–water partition coefficient (Wildman–Crippen LogP) is 4.21. The molecular formula is C28H39N3O5S. The Morgan fingerprint density at radius 3 is 2.86 bits per heavy atom. The van der Waals surface area contributed by atoms with Crippen LogP contribution in [-0.2, 0) is 17.8 Å². The molecule has 2 heterocycles. The molecule has 5 unspecified atom stereocenters. The van der Waals surface area contributed by atoms with Gasteiger partial charge in [0.2, 0.25) is 12.7 Å². The summed E-state index contributed by atoms with van der Waals surface area (Å²) < 4.78 is 10.9. The van der Waals surface area contributed by atoms with Crippen LogP contribution in [-0.4, -0.2) is 47.2 Å². The van der Waals surface area contributed by atoms with Crippen molar-refractivity contribution in [2.75, 3.05) is 25.3 Å². The quantitative estimate of drug-likeness (QED) is 0.360. The number of carbonyl (C=O) groups excluding carboxylic acids is 1. The fourth-order valence-corrected chi connectivity index (χ4v) is 7.70. The molecular weight excluding hydrogens is 490 g/mol. The summed E-state index contributed by atoms with van der Waals surface area (Å²) in [5, 5.41) is 28.8. The number of unbranched alkanes of at least 4 members (excludes halogenated alkanes) is 1. The van der Waals surface area contributed by atoms with Crippen LogP contribution < -0.4 is 20.1 Å². The van der Waals surface area contributed by atoms with E-state index in [4.69, 9.17) is 14.5 Å². The van der Waals surface area contributed by atoms with Gasteiger partial charge < -0.3 is 30.3 Å². The zero-order valence-electron chi connectivity index (χ0n) is 22.0. The first-order valence-corrected chi connectivity index (χ1v) is 14.3. The van der Waals surface area contributed by atoms with Gasteiger partial charge in [-0.05, 0) is 54.7 Å². The molecule has 4 N–H and O–H groups in total. The Labute approximate surface area is 222 Å². The molecule has 2 aliphatic carbocycles. The molecule has 0 radical (unpaired) electrons. The summed E-state index contributed by atoms with van der Waals surface area (Å²) in [6.07, 6.45) is 4.11. The van der Waals surface area contributed by atoms with Gasteiger partial charge in [-0.3, -0.25) is 4.79 Å². The standard InChI is InChI=1S/C28H39N3O5S/c1-4-5-10-29-26-31-25-18(12-24(34)30-14-17-6-7-19-20(11-17)36-16-35-19)27(2)9-8-23(33)28(3,15-32)22(27)13-21(25)37-26/h6-7,11,18,22-23,32-33H,4-5,8-10,12-16H2,1-3H3,(H,29,31)(H,30,34). The monoisotopic (exact) mass is 529 g/mol. The third-order valence-corrected chi connectivity index (χ3v) is 10.1. The van der Waals surface area contributed by atoms with Crippen LogP contribution >= 0.6 is 11.3 Å². The number of hydrogen-bond donors (Lipinski definition) is 4. The highest BCUT2D eigenvalue weighted by molar-refractivity contribution is 7.15. The minimum absolute atomic E-state index is 0.0270. The number of nitrogens with one attached hydrogen (secondary N) is 2. The number of aliphatic hydroxyl groups excluding tert-OH is 2. The lowest BCUT2D eigenvalue weighted by molar-refractivity contribution is -0.144. The summed E-state index contributed by atoms with van der Waals surface area (Å²) in [7, 11) is 0. The van der Waals surface area contributed by atoms with Gasteiger partial charge in [-0.2, -0.15) is 0 Å². The van der Waals surface area contributed by atoms with Crippen molar-refractivity contribution in [1.29, 1.82) is 0 Å². The number of rotatable bonds is 9. The number of nitrogens with zero attached hydrogens (tertiary/aromatic N) is 1. The molecule has 8 nitrogen and oxygen atoms in total. The van der Waals surface area contributed by atoms with Crippen molar-refractivity contribution in [3.8, 4) is 11.5 Å². The van der Waals surface area contributed by atoms with E-state index in [0.717, 1.165) is 54.4 Å². The van der Waals surface area contributed by atoms with Crippen molar-refractivity contribution < 1.29 is 24.5 Å². The Morgan fingerprint density at radius 1 is 1.27 bits per heavy atom. The molecule has 1 amide bonds. The van der Waals surface area contributed by atoms with Gasteiger partial charge in [0.15, 0.2) is 16.6 Å². The van der Waals surface area contributed by atoms with E-state index in [2.05, 4.69) is 24.5 Å². The zero-order valence-corrected chi connectivity index (χ0v) is 22.8. The number of carbonyl (C=O) groups is 1. The average molecular weight is 530 g/mol. The van der Waals surface area contributed by atoms with Gasteiger partial charge in [0.05, 0.1) is 18.4 Å². The first-order chi connectivity index (χ1) is 17.8. The van der Waals surface area contributed by atoms with Crippen LogP contribution in [0, 0.1) is 16.7 Å². The molecule has 1 aliphatic heterocycles. The van der Waals surface area contributed by atoms with Crippen molar-refractivity contribution >= 4 is 22.4 Å². The van der Waals surface area contributed by atoms with Crippen LogP contribution in [0.2, 0.25) is 0 Å². The number of hydrogen-bond acceptors (Lipinski definition) is 8. The average Bonchev–Trinajstić information content (AvgIpc) is 3.53. The third-order valence-electron chi connectivity index (χ3n) is 9.02. The number of fused-ring (bicyclic) bond motifs is 3. The fourth-order valence-electron chi connectivity index (χ4n) is 6.60. The number of benzene rings is 1. The van der Waals surface area contributed by atoms with Crippen molar-refractivity contribution in [1.82, 2.24) is 10.3 Å². The number of ether oxygens (including phenoxy) is 2. The summed E-state index contributed by atoms with van der Waals surface area (Å²) in [4.78, 5) is 19.5. The topological polar surface area (TPSA) is 113 Å². The number of amides is 1. The van der Waals surface area contributed by atoms with E-state index in [1.807, 2.05) is 25.1 Å². The molecule has 9 heteroatoms. The van der Waals surface area contributed by atoms with Crippen LogP contribution in [0.1, 0.15) is 74.9 Å². The van der Waals surface area contributed by atoms with Gasteiger partial charge in [-0.15, -0.1) is 11.3 Å². The molecule has 1 fully saturated rings. The molecule has 0 saturated heterocycles. The first kappa shape index (κ1) is 26.3. The van der Waals surface area contributed by atoms with Crippen molar-refractivity contribution in [2.45, 2.75) is 77.9 Å². The molecule has 3 aliphatic rings. The molecule has 5 rings (SSSR count). The molecule has 37 heavy (non-hydrogen) atoms. The molecule has 2 aromatic rings. The summed E-state index contributed by atoms with van der Waals surface area (Å²) in [5.41, 5.74) is 1.09. The van der Waals surface area contributed by atoms with Gasteiger partial charge in [0.25, 0.3) is 0 Å². The third kappa shape index (κ3) is 4.81. The zero-order chi connectivity index (χ0) is 26.2. The molecule has 1 saturated carbocycles. The maximum absolute atomic E-state index is 13.4. The fraction of sp³-hybridized carbons (Fsp3) is 0.643. The minimum atomic E-state index is -0.619. The van der Waals surface area contributed by atoms with E-state index in [1.165, 1.54) is 4.88 Å². The Bertz CT molecular complexity index is 1140. The van der Waals surface area contributed by atoms with Crippen molar-refractivity contribution in [3.63, 3.8) is 0 Å². The Hall–Kier alpha value is -2.36. The van der Waals surface area contributed by atoms with E-state index in [1.54, 1.807) is 11.3 Å². The van der Waals surface area contributed by atoms with E-state index in [9.17, 15) is 15.0 Å². The Kier molecular flexibility index (Phi) is 7.40. The van der Waals surface area contributed by atoms with Gasteiger partial charge in [0.1, 0.15) is 0 Å². The summed E-state index contributed by atoms with van der Waals surface area (Å²) in [6.45, 7) is 7.83. The second-order valence-corrected chi connectivity index (χ2v) is 12.4. The highest BCUT2D eigenvalue weighted by Gasteiger charge is 2.59. The largest absolute Gasteiger partial charge is 0.454 e. The van der Waals surface area contributed by atoms with E-state index >= 15 is 0 Å². The Balaban J connectivity index is 1.39. The van der Waals surface area contributed by atoms with Crippen LogP contribution in [0.15, 0.2) is 18.2 Å². The highest BCUT2D eigenvalue weighted by Crippen LogP contribution is 2.62. The van der Waals surface area contributed by atoms with Crippen LogP contribution in [0.25, 0.3) is 0 Å². The molecule has 1 aromatic carbocycles. The molecule has 202 valence electrons. The van der Waals surface area contributed by atoms with Gasteiger partial charge in [0, 0.05) is 35.7 Å². The van der Waals surface area contributed by atoms with Crippen LogP contribution in [0.3, 0.4) is 0 Å².